The van der Waals surface area contributed by atoms with E-state index in [4.69, 9.17) is 4.74 Å². The average molecular weight is 423 g/mol. The SMILES string of the molecule is COc1ccc([C@H]2C[C@H](C(F)(F)F)n3nc(C(=O)N4CCN(C)CC4)cc3N2)cc1. The molecule has 162 valence electrons. The predicted octanol–water partition coefficient (Wildman–Crippen LogP) is 2.94. The van der Waals surface area contributed by atoms with Crippen LogP contribution in [0.15, 0.2) is 30.3 Å². The molecule has 0 spiro atoms. The van der Waals surface area contributed by atoms with Crippen LogP contribution in [0.1, 0.15) is 34.6 Å². The van der Waals surface area contributed by atoms with Crippen molar-refractivity contribution in [2.45, 2.75) is 24.7 Å². The third-order valence-electron chi connectivity index (χ3n) is 5.72. The maximum absolute atomic E-state index is 13.8. The van der Waals surface area contributed by atoms with Gasteiger partial charge < -0.3 is 19.9 Å². The molecule has 1 aromatic heterocycles. The third kappa shape index (κ3) is 3.96. The lowest BCUT2D eigenvalue weighted by atomic mass is 9.97. The number of piperazine rings is 1. The highest BCUT2D eigenvalue weighted by molar-refractivity contribution is 5.93. The van der Waals surface area contributed by atoms with Crippen LogP contribution in [-0.2, 0) is 0 Å². The second-order valence-corrected chi connectivity index (χ2v) is 7.72. The Kier molecular flexibility index (Phi) is 5.35. The normalized spacial score (nSPS) is 22.4. The molecule has 2 aromatic rings. The van der Waals surface area contributed by atoms with Crippen LogP contribution in [0.25, 0.3) is 0 Å². The number of halogens is 3. The molecular weight excluding hydrogens is 399 g/mol. The van der Waals surface area contributed by atoms with E-state index < -0.39 is 18.3 Å². The highest BCUT2D eigenvalue weighted by Gasteiger charge is 2.47. The van der Waals surface area contributed by atoms with E-state index in [9.17, 15) is 18.0 Å². The van der Waals surface area contributed by atoms with Gasteiger partial charge in [-0.15, -0.1) is 0 Å². The third-order valence-corrected chi connectivity index (χ3v) is 5.72. The Morgan fingerprint density at radius 2 is 1.83 bits per heavy atom. The summed E-state index contributed by atoms with van der Waals surface area (Å²) in [6.07, 6.45) is -4.70. The Morgan fingerprint density at radius 3 is 2.43 bits per heavy atom. The van der Waals surface area contributed by atoms with Crippen LogP contribution in [0.3, 0.4) is 0 Å². The Bertz CT molecular complexity index is 904. The lowest BCUT2D eigenvalue weighted by Crippen LogP contribution is -2.47. The molecule has 0 radical (unpaired) electrons. The van der Waals surface area contributed by atoms with Crippen molar-refractivity contribution in [3.05, 3.63) is 41.6 Å². The van der Waals surface area contributed by atoms with Gasteiger partial charge in [0, 0.05) is 38.7 Å². The number of likely N-dealkylation sites (N-methyl/N-ethyl adjacent to an activating group) is 1. The molecule has 1 fully saturated rings. The summed E-state index contributed by atoms with van der Waals surface area (Å²) in [6, 6.07) is 5.98. The van der Waals surface area contributed by atoms with Crippen molar-refractivity contribution in [2.75, 3.05) is 45.7 Å². The highest BCUT2D eigenvalue weighted by atomic mass is 19.4. The first-order valence-electron chi connectivity index (χ1n) is 9.81. The molecule has 2 aliphatic heterocycles. The first-order valence-corrected chi connectivity index (χ1v) is 9.81. The largest absolute Gasteiger partial charge is 0.497 e. The first-order chi connectivity index (χ1) is 14.3. The molecule has 1 aromatic carbocycles. The fourth-order valence-electron chi connectivity index (χ4n) is 3.90. The maximum atomic E-state index is 13.8. The summed E-state index contributed by atoms with van der Waals surface area (Å²) in [5.74, 6) is 0.489. The molecule has 1 N–H and O–H groups in total. The van der Waals surface area contributed by atoms with Crippen molar-refractivity contribution in [3.63, 3.8) is 0 Å². The fraction of sp³-hybridized carbons (Fsp3) is 0.500. The Morgan fingerprint density at radius 1 is 1.17 bits per heavy atom. The molecule has 0 unspecified atom stereocenters. The van der Waals surface area contributed by atoms with Crippen molar-refractivity contribution < 1.29 is 22.7 Å². The Labute approximate surface area is 172 Å². The smallest absolute Gasteiger partial charge is 0.410 e. The number of methoxy groups -OCH3 is 1. The van der Waals surface area contributed by atoms with Gasteiger partial charge in [-0.3, -0.25) is 4.79 Å². The summed E-state index contributed by atoms with van der Waals surface area (Å²) < 4.78 is 47.5. The van der Waals surface area contributed by atoms with Crippen molar-refractivity contribution >= 4 is 11.7 Å². The molecule has 0 saturated carbocycles. The summed E-state index contributed by atoms with van der Waals surface area (Å²) in [6.45, 7) is 2.51. The lowest BCUT2D eigenvalue weighted by molar-refractivity contribution is -0.173. The zero-order chi connectivity index (χ0) is 21.5. The lowest BCUT2D eigenvalue weighted by Gasteiger charge is -2.33. The van der Waals surface area contributed by atoms with Gasteiger partial charge in [-0.2, -0.15) is 18.3 Å². The number of aromatic nitrogens is 2. The van der Waals surface area contributed by atoms with Crippen LogP contribution >= 0.6 is 0 Å². The van der Waals surface area contributed by atoms with Crippen molar-refractivity contribution in [1.82, 2.24) is 19.6 Å². The topological polar surface area (TPSA) is 62.6 Å². The minimum atomic E-state index is -4.48. The number of ether oxygens (including phenoxy) is 1. The Balaban J connectivity index is 1.62. The Hall–Kier alpha value is -2.75. The molecular formula is C20H24F3N5O2. The summed E-state index contributed by atoms with van der Waals surface area (Å²) in [7, 11) is 3.50. The zero-order valence-electron chi connectivity index (χ0n) is 16.8. The number of hydrogen-bond acceptors (Lipinski definition) is 5. The van der Waals surface area contributed by atoms with Gasteiger partial charge in [0.25, 0.3) is 5.91 Å². The van der Waals surface area contributed by atoms with Crippen LogP contribution in [-0.4, -0.2) is 72.0 Å². The van der Waals surface area contributed by atoms with E-state index >= 15 is 0 Å². The number of rotatable bonds is 3. The van der Waals surface area contributed by atoms with E-state index in [0.29, 0.717) is 24.4 Å². The fourth-order valence-corrected chi connectivity index (χ4v) is 3.90. The van der Waals surface area contributed by atoms with Gasteiger partial charge in [0.2, 0.25) is 0 Å². The number of nitrogens with zero attached hydrogens (tertiary/aromatic N) is 4. The molecule has 2 aliphatic rings. The van der Waals surface area contributed by atoms with Crippen LogP contribution in [0, 0.1) is 0 Å². The van der Waals surface area contributed by atoms with Crippen LogP contribution in [0.2, 0.25) is 0 Å². The molecule has 2 atom stereocenters. The van der Waals surface area contributed by atoms with Crippen molar-refractivity contribution in [3.8, 4) is 5.75 Å². The number of benzene rings is 1. The molecule has 3 heterocycles. The number of anilines is 1. The number of nitrogens with one attached hydrogen (secondary N) is 1. The van der Waals surface area contributed by atoms with Gasteiger partial charge in [0.1, 0.15) is 11.6 Å². The summed E-state index contributed by atoms with van der Waals surface area (Å²) >= 11 is 0. The highest BCUT2D eigenvalue weighted by Crippen LogP contribution is 2.43. The van der Waals surface area contributed by atoms with E-state index in [1.54, 1.807) is 29.2 Å². The van der Waals surface area contributed by atoms with Crippen molar-refractivity contribution in [2.24, 2.45) is 0 Å². The van der Waals surface area contributed by atoms with Gasteiger partial charge in [0.15, 0.2) is 11.7 Å². The summed E-state index contributed by atoms with van der Waals surface area (Å²) in [5, 5.41) is 7.18. The maximum Gasteiger partial charge on any atom is 0.410 e. The molecule has 0 bridgehead atoms. The van der Waals surface area contributed by atoms with Crippen LogP contribution < -0.4 is 10.1 Å². The summed E-state index contributed by atoms with van der Waals surface area (Å²) in [5.41, 5.74) is 0.746. The quantitative estimate of drug-likeness (QED) is 0.823. The molecule has 0 aliphatic carbocycles. The number of carbonyl (C=O) groups excluding carboxylic acids is 1. The van der Waals surface area contributed by atoms with Gasteiger partial charge >= 0.3 is 6.18 Å². The standard InChI is InChI=1S/C20H24F3N5O2/c1-26-7-9-27(10-8-26)19(29)16-12-18-24-15(13-3-5-14(30-2)6-4-13)11-17(20(21,22)23)28(18)25-16/h3-6,12,15,17,24H,7-11H2,1-2H3/t15-,17-/m1/s1. The molecule has 10 heteroatoms. The number of fused-ring (bicyclic) bond motifs is 1. The average Bonchev–Trinajstić information content (AvgIpc) is 3.16. The van der Waals surface area contributed by atoms with E-state index in [2.05, 4.69) is 15.3 Å². The van der Waals surface area contributed by atoms with Crippen LogP contribution in [0.4, 0.5) is 19.0 Å². The number of carbonyl (C=O) groups is 1. The van der Waals surface area contributed by atoms with Gasteiger partial charge in [-0.25, -0.2) is 4.68 Å². The second-order valence-electron chi connectivity index (χ2n) is 7.72. The molecule has 7 nitrogen and oxygen atoms in total. The van der Waals surface area contributed by atoms with E-state index in [-0.39, 0.29) is 23.8 Å². The molecule has 4 rings (SSSR count). The number of amides is 1. The zero-order valence-corrected chi connectivity index (χ0v) is 16.8. The second kappa shape index (κ2) is 7.82. The minimum absolute atomic E-state index is 0.0340. The van der Waals surface area contributed by atoms with E-state index in [1.165, 1.54) is 13.2 Å². The monoisotopic (exact) mass is 423 g/mol. The molecule has 1 amide bonds. The minimum Gasteiger partial charge on any atom is -0.497 e. The first kappa shape index (κ1) is 20.5. The predicted molar refractivity (Wildman–Crippen MR) is 105 cm³/mol. The van der Waals surface area contributed by atoms with Crippen molar-refractivity contribution in [1.29, 1.82) is 0 Å². The van der Waals surface area contributed by atoms with E-state index in [0.717, 1.165) is 17.8 Å². The van der Waals surface area contributed by atoms with Gasteiger partial charge in [0.05, 0.1) is 13.2 Å². The van der Waals surface area contributed by atoms with Gasteiger partial charge in [-0.05, 0) is 24.7 Å². The summed E-state index contributed by atoms with van der Waals surface area (Å²) in [4.78, 5) is 16.5. The molecule has 1 saturated heterocycles. The number of alkyl halides is 3. The number of hydrogen-bond donors (Lipinski definition) is 1. The van der Waals surface area contributed by atoms with E-state index in [1.807, 2.05) is 7.05 Å². The molecule has 30 heavy (non-hydrogen) atoms. The van der Waals surface area contributed by atoms with Crippen LogP contribution in [0.5, 0.6) is 5.75 Å². The van der Waals surface area contributed by atoms with Gasteiger partial charge in [-0.1, -0.05) is 12.1 Å².